The maximum atomic E-state index is 12.2. The SMILES string of the molecule is CC1(c2ccc(C(=O)Nc3cccnc3)cc2)CCSC(N)=N1. The predicted octanol–water partition coefficient (Wildman–Crippen LogP) is 3.00. The van der Waals surface area contributed by atoms with Crippen LogP contribution in [0.1, 0.15) is 29.3 Å². The quantitative estimate of drug-likeness (QED) is 0.908. The van der Waals surface area contributed by atoms with Gasteiger partial charge in [0.15, 0.2) is 5.17 Å². The number of pyridine rings is 1. The zero-order chi connectivity index (χ0) is 16.3. The van der Waals surface area contributed by atoms with Crippen LogP contribution in [0, 0.1) is 0 Å². The van der Waals surface area contributed by atoms with E-state index in [1.54, 1.807) is 36.3 Å². The van der Waals surface area contributed by atoms with Crippen molar-refractivity contribution in [2.75, 3.05) is 11.1 Å². The van der Waals surface area contributed by atoms with Crippen LogP contribution in [0.25, 0.3) is 0 Å². The Morgan fingerprint density at radius 2 is 2.09 bits per heavy atom. The lowest BCUT2D eigenvalue weighted by molar-refractivity contribution is 0.102. The van der Waals surface area contributed by atoms with Crippen LogP contribution in [0.5, 0.6) is 0 Å². The molecule has 3 N–H and O–H groups in total. The van der Waals surface area contributed by atoms with E-state index < -0.39 is 0 Å². The first-order valence-electron chi connectivity index (χ1n) is 7.37. The Kier molecular flexibility index (Phi) is 4.34. The smallest absolute Gasteiger partial charge is 0.255 e. The minimum Gasteiger partial charge on any atom is -0.379 e. The average molecular weight is 326 g/mol. The summed E-state index contributed by atoms with van der Waals surface area (Å²) in [7, 11) is 0. The van der Waals surface area contributed by atoms with E-state index in [1.807, 2.05) is 24.3 Å². The Hall–Kier alpha value is -2.34. The summed E-state index contributed by atoms with van der Waals surface area (Å²) >= 11 is 1.58. The van der Waals surface area contributed by atoms with Crippen LogP contribution in [-0.2, 0) is 5.54 Å². The van der Waals surface area contributed by atoms with E-state index in [2.05, 4.69) is 22.2 Å². The molecule has 118 valence electrons. The van der Waals surface area contributed by atoms with Gasteiger partial charge in [0.05, 0.1) is 17.4 Å². The summed E-state index contributed by atoms with van der Waals surface area (Å²) in [6.45, 7) is 2.07. The number of nitrogens with two attached hydrogens (primary N) is 1. The molecule has 2 aromatic rings. The number of rotatable bonds is 3. The molecule has 0 fully saturated rings. The molecule has 1 aliphatic heterocycles. The Balaban J connectivity index is 1.77. The van der Waals surface area contributed by atoms with Crippen molar-refractivity contribution in [2.45, 2.75) is 18.9 Å². The zero-order valence-electron chi connectivity index (χ0n) is 12.8. The molecule has 1 aromatic heterocycles. The van der Waals surface area contributed by atoms with Crippen molar-refractivity contribution in [2.24, 2.45) is 10.7 Å². The highest BCUT2D eigenvalue weighted by atomic mass is 32.2. The Morgan fingerprint density at radius 1 is 1.30 bits per heavy atom. The van der Waals surface area contributed by atoms with Crippen LogP contribution < -0.4 is 11.1 Å². The average Bonchev–Trinajstić information content (AvgIpc) is 2.56. The Morgan fingerprint density at radius 3 is 2.74 bits per heavy atom. The summed E-state index contributed by atoms with van der Waals surface area (Å²) in [5, 5.41) is 3.44. The molecule has 0 saturated carbocycles. The largest absolute Gasteiger partial charge is 0.379 e. The molecule has 0 radical (unpaired) electrons. The van der Waals surface area contributed by atoms with E-state index in [0.717, 1.165) is 17.7 Å². The summed E-state index contributed by atoms with van der Waals surface area (Å²) < 4.78 is 0. The molecule has 1 unspecified atom stereocenters. The van der Waals surface area contributed by atoms with E-state index >= 15 is 0 Å². The maximum absolute atomic E-state index is 12.2. The van der Waals surface area contributed by atoms with Gasteiger partial charge in [-0.05, 0) is 43.2 Å². The van der Waals surface area contributed by atoms with Gasteiger partial charge in [-0.2, -0.15) is 0 Å². The first kappa shape index (κ1) is 15.6. The van der Waals surface area contributed by atoms with Gasteiger partial charge in [-0.15, -0.1) is 0 Å². The molecule has 0 aliphatic carbocycles. The second-order valence-corrected chi connectivity index (χ2v) is 6.71. The number of nitrogens with zero attached hydrogens (tertiary/aromatic N) is 2. The lowest BCUT2D eigenvalue weighted by Gasteiger charge is -2.29. The van der Waals surface area contributed by atoms with Gasteiger partial charge in [0, 0.05) is 17.5 Å². The number of hydrogen-bond acceptors (Lipinski definition) is 5. The molecule has 1 amide bonds. The number of amidine groups is 1. The highest BCUT2D eigenvalue weighted by Gasteiger charge is 2.29. The fourth-order valence-corrected chi connectivity index (χ4v) is 3.49. The molecular formula is C17H18N4OS. The summed E-state index contributed by atoms with van der Waals surface area (Å²) in [5.74, 6) is 0.798. The number of hydrogen-bond donors (Lipinski definition) is 2. The van der Waals surface area contributed by atoms with E-state index in [-0.39, 0.29) is 11.4 Å². The van der Waals surface area contributed by atoms with Gasteiger partial charge in [0.25, 0.3) is 5.91 Å². The first-order chi connectivity index (χ1) is 11.1. The number of carbonyl (C=O) groups is 1. The number of anilines is 1. The molecule has 6 heteroatoms. The Bertz CT molecular complexity index is 730. The van der Waals surface area contributed by atoms with E-state index in [0.29, 0.717) is 16.4 Å². The maximum Gasteiger partial charge on any atom is 0.255 e. The predicted molar refractivity (Wildman–Crippen MR) is 94.7 cm³/mol. The molecule has 3 rings (SSSR count). The monoisotopic (exact) mass is 326 g/mol. The van der Waals surface area contributed by atoms with Crippen LogP contribution in [0.15, 0.2) is 53.8 Å². The number of aromatic nitrogens is 1. The van der Waals surface area contributed by atoms with Crippen molar-refractivity contribution in [3.05, 3.63) is 59.9 Å². The van der Waals surface area contributed by atoms with Crippen LogP contribution in [0.2, 0.25) is 0 Å². The minimum atomic E-state index is -0.312. The third-order valence-electron chi connectivity index (χ3n) is 3.88. The van der Waals surface area contributed by atoms with E-state index in [4.69, 9.17) is 5.73 Å². The second-order valence-electron chi connectivity index (χ2n) is 5.60. The molecule has 5 nitrogen and oxygen atoms in total. The molecule has 1 aliphatic rings. The normalized spacial score (nSPS) is 20.7. The molecule has 1 atom stereocenters. The summed E-state index contributed by atoms with van der Waals surface area (Å²) in [6.07, 6.45) is 4.21. The highest BCUT2D eigenvalue weighted by Crippen LogP contribution is 2.34. The molecule has 0 spiro atoms. The number of amides is 1. The van der Waals surface area contributed by atoms with Gasteiger partial charge in [-0.1, -0.05) is 23.9 Å². The Labute approximate surface area is 139 Å². The second kappa shape index (κ2) is 6.42. The summed E-state index contributed by atoms with van der Waals surface area (Å²) in [5.41, 5.74) is 7.89. The first-order valence-corrected chi connectivity index (χ1v) is 8.35. The standard InChI is InChI=1S/C17H18N4OS/c1-17(8-10-23-16(18)21-17)13-6-4-12(5-7-13)15(22)20-14-3-2-9-19-11-14/h2-7,9,11H,8,10H2,1H3,(H2,18,21)(H,20,22). The van der Waals surface area contributed by atoms with Crippen LogP contribution in [0.3, 0.4) is 0 Å². The summed E-state index contributed by atoms with van der Waals surface area (Å²) in [6, 6.07) is 11.1. The van der Waals surface area contributed by atoms with Gasteiger partial charge in [-0.3, -0.25) is 14.8 Å². The van der Waals surface area contributed by atoms with Crippen LogP contribution in [0.4, 0.5) is 5.69 Å². The molecule has 1 aromatic carbocycles. The van der Waals surface area contributed by atoms with Crippen molar-refractivity contribution in [1.29, 1.82) is 0 Å². The number of carbonyl (C=O) groups excluding carboxylic acids is 1. The molecule has 0 bridgehead atoms. The van der Waals surface area contributed by atoms with Crippen molar-refractivity contribution >= 4 is 28.5 Å². The number of benzene rings is 1. The van der Waals surface area contributed by atoms with E-state index in [1.165, 1.54) is 0 Å². The fourth-order valence-electron chi connectivity index (χ4n) is 2.52. The molecule has 2 heterocycles. The molecule has 0 saturated heterocycles. The number of nitrogens with one attached hydrogen (secondary N) is 1. The van der Waals surface area contributed by atoms with Crippen LogP contribution in [-0.4, -0.2) is 21.8 Å². The third-order valence-corrected chi connectivity index (χ3v) is 4.68. The van der Waals surface area contributed by atoms with Crippen LogP contribution >= 0.6 is 11.8 Å². The third kappa shape index (κ3) is 3.53. The zero-order valence-corrected chi connectivity index (χ0v) is 13.6. The lowest BCUT2D eigenvalue weighted by atomic mass is 9.89. The lowest BCUT2D eigenvalue weighted by Crippen LogP contribution is -2.28. The molecule has 23 heavy (non-hydrogen) atoms. The van der Waals surface area contributed by atoms with Crippen molar-refractivity contribution in [3.8, 4) is 0 Å². The molecular weight excluding hydrogens is 308 g/mol. The van der Waals surface area contributed by atoms with Gasteiger partial charge in [0.1, 0.15) is 0 Å². The van der Waals surface area contributed by atoms with Crippen molar-refractivity contribution in [3.63, 3.8) is 0 Å². The number of thioether (sulfide) groups is 1. The fraction of sp³-hybridized carbons (Fsp3) is 0.235. The van der Waals surface area contributed by atoms with Gasteiger partial charge >= 0.3 is 0 Å². The minimum absolute atomic E-state index is 0.156. The van der Waals surface area contributed by atoms with Gasteiger partial charge in [-0.25, -0.2) is 0 Å². The van der Waals surface area contributed by atoms with Gasteiger partial charge < -0.3 is 11.1 Å². The summed E-state index contributed by atoms with van der Waals surface area (Å²) in [4.78, 5) is 20.8. The topological polar surface area (TPSA) is 80.4 Å². The van der Waals surface area contributed by atoms with E-state index in [9.17, 15) is 4.79 Å². The van der Waals surface area contributed by atoms with Gasteiger partial charge in [0.2, 0.25) is 0 Å². The van der Waals surface area contributed by atoms with Crippen molar-refractivity contribution in [1.82, 2.24) is 4.98 Å². The highest BCUT2D eigenvalue weighted by molar-refractivity contribution is 8.13. The van der Waals surface area contributed by atoms with Crippen molar-refractivity contribution < 1.29 is 4.79 Å². The number of aliphatic imine (C=N–C) groups is 1.